The number of thioether (sulfide) groups is 1. The van der Waals surface area contributed by atoms with Gasteiger partial charge in [-0.15, -0.1) is 11.8 Å². The second-order valence-electron chi connectivity index (χ2n) is 4.63. The largest absolute Gasteiger partial charge is 0.478 e. The van der Waals surface area contributed by atoms with E-state index in [-0.39, 0.29) is 5.82 Å². The first-order chi connectivity index (χ1) is 10.0. The second kappa shape index (κ2) is 7.09. The van der Waals surface area contributed by atoms with Gasteiger partial charge in [-0.1, -0.05) is 29.8 Å². The van der Waals surface area contributed by atoms with Gasteiger partial charge < -0.3 is 5.11 Å². The summed E-state index contributed by atoms with van der Waals surface area (Å²) in [5.41, 5.74) is 2.32. The highest BCUT2D eigenvalue weighted by Gasteiger charge is 2.04. The third-order valence-electron chi connectivity index (χ3n) is 2.88. The second-order valence-corrected chi connectivity index (χ2v) is 5.68. The molecule has 0 unspecified atom stereocenters. The van der Waals surface area contributed by atoms with Crippen molar-refractivity contribution in [3.05, 3.63) is 71.0 Å². The first kappa shape index (κ1) is 15.3. The van der Waals surface area contributed by atoms with Gasteiger partial charge >= 0.3 is 5.97 Å². The number of carboxylic acid groups (broad SMARTS) is 1. The molecule has 0 aliphatic rings. The van der Waals surface area contributed by atoms with E-state index in [1.54, 1.807) is 23.9 Å². The number of halogens is 1. The molecule has 0 fully saturated rings. The predicted octanol–water partition coefficient (Wildman–Crippen LogP) is 4.52. The molecule has 21 heavy (non-hydrogen) atoms. The average molecular weight is 302 g/mol. The van der Waals surface area contributed by atoms with Crippen molar-refractivity contribution in [2.45, 2.75) is 17.6 Å². The van der Waals surface area contributed by atoms with Gasteiger partial charge in [-0.2, -0.15) is 0 Å². The summed E-state index contributed by atoms with van der Waals surface area (Å²) in [6.07, 6.45) is 2.37. The Morgan fingerprint density at radius 2 is 2.10 bits per heavy atom. The summed E-state index contributed by atoms with van der Waals surface area (Å²) in [5, 5.41) is 8.55. The fraction of sp³-hybridized carbons (Fsp3) is 0.118. The van der Waals surface area contributed by atoms with Crippen LogP contribution < -0.4 is 0 Å². The highest BCUT2D eigenvalue weighted by atomic mass is 32.2. The first-order valence-corrected chi connectivity index (χ1v) is 7.42. The van der Waals surface area contributed by atoms with Crippen molar-refractivity contribution < 1.29 is 14.3 Å². The van der Waals surface area contributed by atoms with Gasteiger partial charge in [0.1, 0.15) is 5.82 Å². The standard InChI is InChI=1S/C17H15FO2S/c1-12-3-2-4-15(9-12)21-11-14-7-5-13(10-16(14)18)6-8-17(19)20/h2-10H,11H2,1H3,(H,19,20). The van der Waals surface area contributed by atoms with Gasteiger partial charge in [0.2, 0.25) is 0 Å². The molecule has 2 nitrogen and oxygen atoms in total. The number of carboxylic acids is 1. The van der Waals surface area contributed by atoms with Gasteiger partial charge in [0.15, 0.2) is 0 Å². The van der Waals surface area contributed by atoms with Crippen molar-refractivity contribution in [3.8, 4) is 0 Å². The van der Waals surface area contributed by atoms with E-state index in [1.807, 2.05) is 25.1 Å². The Labute approximate surface area is 127 Å². The molecule has 0 saturated heterocycles. The van der Waals surface area contributed by atoms with E-state index in [1.165, 1.54) is 17.7 Å². The zero-order valence-electron chi connectivity index (χ0n) is 11.5. The van der Waals surface area contributed by atoms with Crippen LogP contribution in [0, 0.1) is 12.7 Å². The Morgan fingerprint density at radius 1 is 1.29 bits per heavy atom. The molecule has 2 rings (SSSR count). The molecule has 0 aliphatic carbocycles. The van der Waals surface area contributed by atoms with E-state index in [0.717, 1.165) is 11.0 Å². The lowest BCUT2D eigenvalue weighted by molar-refractivity contribution is -0.131. The summed E-state index contributed by atoms with van der Waals surface area (Å²) >= 11 is 1.57. The fourth-order valence-electron chi connectivity index (χ4n) is 1.82. The minimum Gasteiger partial charge on any atom is -0.478 e. The van der Waals surface area contributed by atoms with Crippen LogP contribution in [0.4, 0.5) is 4.39 Å². The van der Waals surface area contributed by atoms with Gasteiger partial charge in [0.25, 0.3) is 0 Å². The molecule has 108 valence electrons. The fourth-order valence-corrected chi connectivity index (χ4v) is 2.82. The smallest absolute Gasteiger partial charge is 0.328 e. The van der Waals surface area contributed by atoms with Crippen molar-refractivity contribution in [1.29, 1.82) is 0 Å². The molecule has 0 saturated carbocycles. The van der Waals surface area contributed by atoms with Gasteiger partial charge in [0.05, 0.1) is 0 Å². The number of rotatable bonds is 5. The van der Waals surface area contributed by atoms with Gasteiger partial charge in [0, 0.05) is 16.7 Å². The van der Waals surface area contributed by atoms with Crippen LogP contribution >= 0.6 is 11.8 Å². The summed E-state index contributed by atoms with van der Waals surface area (Å²) < 4.78 is 14.0. The maximum absolute atomic E-state index is 14.0. The molecule has 0 radical (unpaired) electrons. The number of aliphatic carboxylic acids is 1. The Kier molecular flexibility index (Phi) is 5.17. The van der Waals surface area contributed by atoms with Crippen LogP contribution in [0.25, 0.3) is 6.08 Å². The third kappa shape index (κ3) is 4.76. The van der Waals surface area contributed by atoms with Crippen LogP contribution in [0.15, 0.2) is 53.4 Å². The lowest BCUT2D eigenvalue weighted by atomic mass is 10.1. The summed E-state index contributed by atoms with van der Waals surface area (Å²) in [5.74, 6) is -0.824. The van der Waals surface area contributed by atoms with Crippen molar-refractivity contribution >= 4 is 23.8 Å². The Balaban J connectivity index is 2.06. The minimum absolute atomic E-state index is 0.317. The summed E-state index contributed by atoms with van der Waals surface area (Å²) in [6, 6.07) is 12.8. The maximum Gasteiger partial charge on any atom is 0.328 e. The quantitative estimate of drug-likeness (QED) is 0.651. The molecule has 4 heteroatoms. The van der Waals surface area contributed by atoms with Crippen LogP contribution in [-0.2, 0) is 10.5 Å². The molecule has 0 heterocycles. The topological polar surface area (TPSA) is 37.3 Å². The lowest BCUT2D eigenvalue weighted by Gasteiger charge is -2.05. The summed E-state index contributed by atoms with van der Waals surface area (Å²) in [7, 11) is 0. The van der Waals surface area contributed by atoms with E-state index in [4.69, 9.17) is 5.11 Å². The Morgan fingerprint density at radius 3 is 2.76 bits per heavy atom. The van der Waals surface area contributed by atoms with E-state index in [9.17, 15) is 9.18 Å². The molecular formula is C17H15FO2S. The maximum atomic E-state index is 14.0. The highest BCUT2D eigenvalue weighted by Crippen LogP contribution is 2.25. The molecule has 0 atom stereocenters. The van der Waals surface area contributed by atoms with Crippen LogP contribution in [0.3, 0.4) is 0 Å². The number of benzene rings is 2. The van der Waals surface area contributed by atoms with Crippen molar-refractivity contribution in [2.24, 2.45) is 0 Å². The van der Waals surface area contributed by atoms with Gasteiger partial charge in [-0.05, 0) is 42.3 Å². The Hall–Kier alpha value is -2.07. The monoisotopic (exact) mass is 302 g/mol. The summed E-state index contributed by atoms with van der Waals surface area (Å²) in [4.78, 5) is 11.5. The normalized spacial score (nSPS) is 11.0. The van der Waals surface area contributed by atoms with Crippen molar-refractivity contribution in [3.63, 3.8) is 0 Å². The van der Waals surface area contributed by atoms with E-state index in [0.29, 0.717) is 16.9 Å². The number of carbonyl (C=O) groups is 1. The Bertz CT molecular complexity index is 680. The molecule has 0 bridgehead atoms. The number of hydrogen-bond acceptors (Lipinski definition) is 2. The van der Waals surface area contributed by atoms with Crippen LogP contribution in [0.2, 0.25) is 0 Å². The zero-order chi connectivity index (χ0) is 15.2. The molecule has 0 amide bonds. The van der Waals surface area contributed by atoms with Crippen molar-refractivity contribution in [2.75, 3.05) is 0 Å². The highest BCUT2D eigenvalue weighted by molar-refractivity contribution is 7.98. The van der Waals surface area contributed by atoms with E-state index >= 15 is 0 Å². The molecule has 0 spiro atoms. The van der Waals surface area contributed by atoms with Crippen LogP contribution in [0.5, 0.6) is 0 Å². The molecular weight excluding hydrogens is 287 g/mol. The molecule has 2 aromatic carbocycles. The van der Waals surface area contributed by atoms with E-state index in [2.05, 4.69) is 6.07 Å². The SMILES string of the molecule is Cc1cccc(SCc2ccc(C=CC(=O)O)cc2F)c1. The van der Waals surface area contributed by atoms with Crippen LogP contribution in [0.1, 0.15) is 16.7 Å². The zero-order valence-corrected chi connectivity index (χ0v) is 12.4. The molecule has 0 aliphatic heterocycles. The average Bonchev–Trinajstić information content (AvgIpc) is 2.44. The van der Waals surface area contributed by atoms with Gasteiger partial charge in [-0.25, -0.2) is 9.18 Å². The lowest BCUT2D eigenvalue weighted by Crippen LogP contribution is -1.90. The molecule has 1 N–H and O–H groups in total. The summed E-state index contributed by atoms with van der Waals surface area (Å²) in [6.45, 7) is 2.02. The minimum atomic E-state index is -1.05. The first-order valence-electron chi connectivity index (χ1n) is 6.43. The molecule has 0 aromatic heterocycles. The van der Waals surface area contributed by atoms with Gasteiger partial charge in [-0.3, -0.25) is 0 Å². The number of aryl methyl sites for hydroxylation is 1. The van der Waals surface area contributed by atoms with E-state index < -0.39 is 5.97 Å². The predicted molar refractivity (Wildman–Crippen MR) is 83.8 cm³/mol. The third-order valence-corrected chi connectivity index (χ3v) is 3.92. The number of hydrogen-bond donors (Lipinski definition) is 1. The van der Waals surface area contributed by atoms with Crippen LogP contribution in [-0.4, -0.2) is 11.1 Å². The molecule has 2 aromatic rings. The van der Waals surface area contributed by atoms with Crippen molar-refractivity contribution in [1.82, 2.24) is 0 Å².